The summed E-state index contributed by atoms with van der Waals surface area (Å²) in [5, 5.41) is 0. The third-order valence-electron chi connectivity index (χ3n) is 5.86. The second kappa shape index (κ2) is 6.02. The van der Waals surface area contributed by atoms with Gasteiger partial charge in [0.2, 0.25) is 0 Å². The normalized spacial score (nSPS) is 23.5. The first-order chi connectivity index (χ1) is 13.2. The number of allylic oxidation sites excluding steroid dienone is 1. The van der Waals surface area contributed by atoms with Crippen LogP contribution >= 0.6 is 0 Å². The van der Waals surface area contributed by atoms with Crippen molar-refractivity contribution < 1.29 is 14.3 Å². The van der Waals surface area contributed by atoms with Crippen LogP contribution in [0.15, 0.2) is 59.1 Å². The van der Waals surface area contributed by atoms with Crippen molar-refractivity contribution in [3.63, 3.8) is 0 Å². The molecule has 0 radical (unpaired) electrons. The number of hydrogen-bond donors (Lipinski definition) is 0. The largest absolute Gasteiger partial charge is 0.497 e. The lowest BCUT2D eigenvalue weighted by Gasteiger charge is -2.34. The number of methoxy groups -OCH3 is 1. The molecule has 2 atom stereocenters. The van der Waals surface area contributed by atoms with E-state index in [0.29, 0.717) is 17.6 Å². The van der Waals surface area contributed by atoms with E-state index >= 15 is 0 Å². The molecule has 3 aliphatic rings. The molecule has 2 aliphatic carbocycles. The number of ether oxygens (including phenoxy) is 1. The molecule has 4 nitrogen and oxygen atoms in total. The number of aliphatic imine (C=N–C) groups is 1. The van der Waals surface area contributed by atoms with Crippen LogP contribution in [0.4, 0.5) is 0 Å². The molecule has 1 heterocycles. The van der Waals surface area contributed by atoms with Crippen LogP contribution in [0, 0.1) is 5.92 Å². The molecule has 134 valence electrons. The predicted molar refractivity (Wildman–Crippen MR) is 103 cm³/mol. The minimum atomic E-state index is -0.329. The molecule has 1 aliphatic heterocycles. The summed E-state index contributed by atoms with van der Waals surface area (Å²) >= 11 is 0. The van der Waals surface area contributed by atoms with Gasteiger partial charge in [-0.1, -0.05) is 36.4 Å². The second-order valence-corrected chi connectivity index (χ2v) is 7.29. The lowest BCUT2D eigenvalue weighted by atomic mass is 9.69. The number of fused-ring (bicyclic) bond motifs is 3. The predicted octanol–water partition coefficient (Wildman–Crippen LogP) is 4.21. The van der Waals surface area contributed by atoms with Gasteiger partial charge >= 0.3 is 0 Å². The maximum Gasteiger partial charge on any atom is 0.192 e. The number of benzene rings is 2. The topological polar surface area (TPSA) is 55.7 Å². The fraction of sp³-hybridized carbons (Fsp3) is 0.261. The van der Waals surface area contributed by atoms with Crippen LogP contribution in [0.1, 0.15) is 46.7 Å². The van der Waals surface area contributed by atoms with Crippen molar-refractivity contribution in [2.45, 2.75) is 25.2 Å². The van der Waals surface area contributed by atoms with E-state index in [0.717, 1.165) is 41.1 Å². The summed E-state index contributed by atoms with van der Waals surface area (Å²) in [6, 6.07) is 15.3. The van der Waals surface area contributed by atoms with Crippen molar-refractivity contribution in [1.29, 1.82) is 0 Å². The zero-order chi connectivity index (χ0) is 18.5. The Labute approximate surface area is 157 Å². The summed E-state index contributed by atoms with van der Waals surface area (Å²) in [7, 11) is 1.63. The maximum absolute atomic E-state index is 13.3. The average molecular weight is 357 g/mol. The van der Waals surface area contributed by atoms with E-state index in [1.54, 1.807) is 7.11 Å². The van der Waals surface area contributed by atoms with E-state index in [-0.39, 0.29) is 23.4 Å². The lowest BCUT2D eigenvalue weighted by Crippen LogP contribution is -2.37. The SMILES string of the molecule is COc1ccc([C@H]2C3=C(N=C4CCCC(=O)[C@@H]42)c2ccccc2C3=O)cc1. The Hall–Kier alpha value is -3.01. The summed E-state index contributed by atoms with van der Waals surface area (Å²) in [5.41, 5.74) is 4.91. The molecule has 0 amide bonds. The average Bonchev–Trinajstić information content (AvgIpc) is 2.99. The summed E-state index contributed by atoms with van der Waals surface area (Å²) in [4.78, 5) is 31.0. The molecule has 0 bridgehead atoms. The highest BCUT2D eigenvalue weighted by molar-refractivity contribution is 6.25. The van der Waals surface area contributed by atoms with Gasteiger partial charge in [0.25, 0.3) is 0 Å². The number of ketones is 2. The van der Waals surface area contributed by atoms with E-state index in [1.807, 2.05) is 48.5 Å². The third-order valence-corrected chi connectivity index (χ3v) is 5.86. The molecule has 2 aromatic rings. The fourth-order valence-corrected chi connectivity index (χ4v) is 4.62. The Balaban J connectivity index is 1.72. The van der Waals surface area contributed by atoms with Gasteiger partial charge in [0.05, 0.1) is 18.7 Å². The number of nitrogens with zero attached hydrogens (tertiary/aromatic N) is 1. The minimum absolute atomic E-state index is 0.00240. The first-order valence-corrected chi connectivity index (χ1v) is 9.31. The first kappa shape index (κ1) is 16.2. The highest BCUT2D eigenvalue weighted by Gasteiger charge is 2.46. The summed E-state index contributed by atoms with van der Waals surface area (Å²) in [6.07, 6.45) is 2.21. The highest BCUT2D eigenvalue weighted by Crippen LogP contribution is 2.49. The first-order valence-electron chi connectivity index (χ1n) is 9.31. The van der Waals surface area contributed by atoms with Gasteiger partial charge in [0.1, 0.15) is 11.5 Å². The zero-order valence-electron chi connectivity index (χ0n) is 15.1. The molecule has 27 heavy (non-hydrogen) atoms. The van der Waals surface area contributed by atoms with Gasteiger partial charge in [-0.3, -0.25) is 14.6 Å². The van der Waals surface area contributed by atoms with E-state index in [9.17, 15) is 9.59 Å². The molecule has 0 N–H and O–H groups in total. The molecular formula is C23H19NO3. The monoisotopic (exact) mass is 357 g/mol. The van der Waals surface area contributed by atoms with Gasteiger partial charge < -0.3 is 4.74 Å². The molecule has 0 unspecified atom stereocenters. The summed E-state index contributed by atoms with van der Waals surface area (Å²) < 4.78 is 5.27. The van der Waals surface area contributed by atoms with Crippen molar-refractivity contribution in [3.8, 4) is 5.75 Å². The highest BCUT2D eigenvalue weighted by atomic mass is 16.5. The van der Waals surface area contributed by atoms with E-state index in [2.05, 4.69) is 0 Å². The van der Waals surface area contributed by atoms with Crippen molar-refractivity contribution in [1.82, 2.24) is 0 Å². The van der Waals surface area contributed by atoms with Crippen molar-refractivity contribution in [3.05, 3.63) is 70.8 Å². The van der Waals surface area contributed by atoms with Gasteiger partial charge in [-0.2, -0.15) is 0 Å². The van der Waals surface area contributed by atoms with Gasteiger partial charge in [-0.25, -0.2) is 0 Å². The molecular weight excluding hydrogens is 338 g/mol. The van der Waals surface area contributed by atoms with E-state index < -0.39 is 0 Å². The molecule has 4 heteroatoms. The molecule has 0 spiro atoms. The Morgan fingerprint density at radius 3 is 2.41 bits per heavy atom. The smallest absolute Gasteiger partial charge is 0.192 e. The van der Waals surface area contributed by atoms with Gasteiger partial charge in [0.15, 0.2) is 5.78 Å². The fourth-order valence-electron chi connectivity index (χ4n) is 4.62. The minimum Gasteiger partial charge on any atom is -0.497 e. The van der Waals surface area contributed by atoms with Gasteiger partial charge in [0, 0.05) is 34.8 Å². The van der Waals surface area contributed by atoms with Crippen LogP contribution in [-0.2, 0) is 4.79 Å². The summed E-state index contributed by atoms with van der Waals surface area (Å²) in [5.74, 6) is 0.350. The van der Waals surface area contributed by atoms with Crippen LogP contribution in [0.5, 0.6) is 5.75 Å². The third kappa shape index (κ3) is 2.33. The number of rotatable bonds is 2. The number of hydrogen-bond acceptors (Lipinski definition) is 4. The van der Waals surface area contributed by atoms with Crippen molar-refractivity contribution in [2.24, 2.45) is 10.9 Å². The molecule has 1 saturated carbocycles. The maximum atomic E-state index is 13.3. The molecule has 1 fully saturated rings. The number of carbonyl (C=O) groups excluding carboxylic acids is 2. The van der Waals surface area contributed by atoms with E-state index in [4.69, 9.17) is 9.73 Å². The van der Waals surface area contributed by atoms with Crippen LogP contribution in [0.2, 0.25) is 0 Å². The quantitative estimate of drug-likeness (QED) is 0.809. The standard InChI is InChI=1S/C23H19NO3/c1-27-14-11-9-13(10-12-14)19-20-17(7-4-8-18(20)25)24-22-15-5-2-3-6-16(15)23(26)21(19)22/h2-3,5-6,9-12,19-20H,4,7-8H2,1H3/t19-,20-/m1/s1. The number of Topliss-reactive ketones (excluding diaryl/α,β-unsaturated/α-hetero) is 2. The van der Waals surface area contributed by atoms with Crippen molar-refractivity contribution >= 4 is 23.0 Å². The zero-order valence-corrected chi connectivity index (χ0v) is 15.1. The Bertz CT molecular complexity index is 1030. The van der Waals surface area contributed by atoms with Crippen LogP contribution < -0.4 is 4.74 Å². The van der Waals surface area contributed by atoms with Crippen LogP contribution in [0.25, 0.3) is 5.70 Å². The molecule has 2 aromatic carbocycles. The van der Waals surface area contributed by atoms with Crippen molar-refractivity contribution in [2.75, 3.05) is 7.11 Å². The van der Waals surface area contributed by atoms with Crippen LogP contribution in [0.3, 0.4) is 0 Å². The molecule has 5 rings (SSSR count). The molecule has 0 saturated heterocycles. The Kier molecular flexibility index (Phi) is 3.61. The lowest BCUT2D eigenvalue weighted by molar-refractivity contribution is -0.121. The van der Waals surface area contributed by atoms with Gasteiger partial charge in [-0.15, -0.1) is 0 Å². The van der Waals surface area contributed by atoms with E-state index in [1.165, 1.54) is 0 Å². The van der Waals surface area contributed by atoms with Crippen LogP contribution in [-0.4, -0.2) is 24.4 Å². The second-order valence-electron chi connectivity index (χ2n) is 7.29. The Morgan fingerprint density at radius 1 is 0.926 bits per heavy atom. The Morgan fingerprint density at radius 2 is 1.67 bits per heavy atom. The molecule has 0 aromatic heterocycles. The summed E-state index contributed by atoms with van der Waals surface area (Å²) in [6.45, 7) is 0. The number of carbonyl (C=O) groups is 2. The van der Waals surface area contributed by atoms with Gasteiger partial charge in [-0.05, 0) is 30.5 Å².